The molecule has 6 nitrogen and oxygen atoms in total. The van der Waals surface area contributed by atoms with E-state index in [1.165, 1.54) is 12.8 Å². The first-order valence-corrected chi connectivity index (χ1v) is 6.23. The Bertz CT molecular complexity index is 412. The number of aromatic nitrogens is 2. The maximum Gasteiger partial charge on any atom is 0.233 e. The fourth-order valence-electron chi connectivity index (χ4n) is 1.73. The quantitative estimate of drug-likeness (QED) is 0.719. The predicted molar refractivity (Wildman–Crippen MR) is 67.2 cm³/mol. The van der Waals surface area contributed by atoms with Gasteiger partial charge in [-0.3, -0.25) is 4.79 Å². The van der Waals surface area contributed by atoms with E-state index in [1.54, 1.807) is 11.8 Å². The Labute approximate surface area is 107 Å². The van der Waals surface area contributed by atoms with Gasteiger partial charge in [0.2, 0.25) is 11.8 Å². The third-order valence-corrected chi connectivity index (χ3v) is 2.97. The molecule has 1 fully saturated rings. The maximum absolute atomic E-state index is 11.5. The number of hydrogen-bond acceptors (Lipinski definition) is 4. The van der Waals surface area contributed by atoms with E-state index < -0.39 is 0 Å². The van der Waals surface area contributed by atoms with E-state index in [0.717, 1.165) is 12.2 Å². The van der Waals surface area contributed by atoms with Crippen molar-refractivity contribution in [3.63, 3.8) is 0 Å². The van der Waals surface area contributed by atoms with Crippen LogP contribution in [-0.4, -0.2) is 35.9 Å². The van der Waals surface area contributed by atoms with E-state index in [1.807, 2.05) is 13.1 Å². The Balaban J connectivity index is 1.65. The second-order valence-corrected chi connectivity index (χ2v) is 4.65. The zero-order valence-corrected chi connectivity index (χ0v) is 10.9. The van der Waals surface area contributed by atoms with Gasteiger partial charge >= 0.3 is 0 Å². The molecule has 1 amide bonds. The summed E-state index contributed by atoms with van der Waals surface area (Å²) in [6.07, 6.45) is 2.50. The number of carbonyl (C=O) groups excluding carboxylic acids is 1. The Kier molecular flexibility index (Phi) is 4.19. The molecule has 0 aromatic carbocycles. The zero-order chi connectivity index (χ0) is 13.0. The van der Waals surface area contributed by atoms with Gasteiger partial charge in [-0.05, 0) is 18.8 Å². The lowest BCUT2D eigenvalue weighted by molar-refractivity contribution is -0.120. The molecule has 18 heavy (non-hydrogen) atoms. The monoisotopic (exact) mass is 252 g/mol. The van der Waals surface area contributed by atoms with Crippen LogP contribution in [0.2, 0.25) is 0 Å². The fourth-order valence-corrected chi connectivity index (χ4v) is 1.73. The summed E-state index contributed by atoms with van der Waals surface area (Å²) in [5.74, 6) is 1.48. The molecule has 1 saturated carbocycles. The lowest BCUT2D eigenvalue weighted by Gasteiger charge is -2.04. The van der Waals surface area contributed by atoms with Crippen molar-refractivity contribution >= 4 is 5.91 Å². The SMILES string of the molecule is COc1cc(CNCC(=O)NCC2CC2)nn1C. The van der Waals surface area contributed by atoms with Crippen LogP contribution >= 0.6 is 0 Å². The highest BCUT2D eigenvalue weighted by Crippen LogP contribution is 2.27. The number of amides is 1. The smallest absolute Gasteiger partial charge is 0.233 e. The molecule has 0 spiro atoms. The lowest BCUT2D eigenvalue weighted by atomic mass is 10.4. The van der Waals surface area contributed by atoms with Crippen molar-refractivity contribution in [3.05, 3.63) is 11.8 Å². The van der Waals surface area contributed by atoms with Crippen molar-refractivity contribution in [1.29, 1.82) is 0 Å². The molecular formula is C12H20N4O2. The summed E-state index contributed by atoms with van der Waals surface area (Å²) >= 11 is 0. The highest BCUT2D eigenvalue weighted by molar-refractivity contribution is 5.77. The zero-order valence-electron chi connectivity index (χ0n) is 10.9. The van der Waals surface area contributed by atoms with Crippen molar-refractivity contribution in [2.24, 2.45) is 13.0 Å². The first-order valence-electron chi connectivity index (χ1n) is 6.23. The van der Waals surface area contributed by atoms with Crippen molar-refractivity contribution in [2.45, 2.75) is 19.4 Å². The number of rotatable bonds is 7. The van der Waals surface area contributed by atoms with Crippen molar-refractivity contribution < 1.29 is 9.53 Å². The second-order valence-electron chi connectivity index (χ2n) is 4.65. The number of nitrogens with one attached hydrogen (secondary N) is 2. The highest BCUT2D eigenvalue weighted by atomic mass is 16.5. The minimum absolute atomic E-state index is 0.0461. The number of hydrogen-bond donors (Lipinski definition) is 2. The third kappa shape index (κ3) is 3.73. The molecule has 1 aromatic heterocycles. The number of aryl methyl sites for hydroxylation is 1. The molecule has 6 heteroatoms. The molecule has 1 aliphatic rings. The topological polar surface area (TPSA) is 68.2 Å². The van der Waals surface area contributed by atoms with Gasteiger partial charge in [-0.25, -0.2) is 4.68 Å². The van der Waals surface area contributed by atoms with E-state index in [-0.39, 0.29) is 5.91 Å². The molecule has 2 rings (SSSR count). The van der Waals surface area contributed by atoms with Crippen LogP contribution in [0.5, 0.6) is 5.88 Å². The summed E-state index contributed by atoms with van der Waals surface area (Å²) < 4.78 is 6.79. The second kappa shape index (κ2) is 5.86. The fraction of sp³-hybridized carbons (Fsp3) is 0.667. The van der Waals surface area contributed by atoms with Gasteiger partial charge < -0.3 is 15.4 Å². The van der Waals surface area contributed by atoms with Crippen LogP contribution in [0, 0.1) is 5.92 Å². The average Bonchev–Trinajstić information content (AvgIpc) is 3.10. The number of carbonyl (C=O) groups is 1. The van der Waals surface area contributed by atoms with Crippen molar-refractivity contribution in [2.75, 3.05) is 20.2 Å². The third-order valence-electron chi connectivity index (χ3n) is 2.97. The van der Waals surface area contributed by atoms with E-state index in [0.29, 0.717) is 24.9 Å². The predicted octanol–water partition coefficient (Wildman–Crippen LogP) is 0.0445. The Hall–Kier alpha value is -1.56. The molecule has 2 N–H and O–H groups in total. The van der Waals surface area contributed by atoms with Gasteiger partial charge in [-0.1, -0.05) is 0 Å². The Morgan fingerprint density at radius 1 is 1.61 bits per heavy atom. The molecule has 100 valence electrons. The van der Waals surface area contributed by atoms with E-state index >= 15 is 0 Å². The number of methoxy groups -OCH3 is 1. The molecule has 0 radical (unpaired) electrons. The van der Waals surface area contributed by atoms with Crippen LogP contribution in [0.3, 0.4) is 0 Å². The van der Waals surface area contributed by atoms with Crippen LogP contribution in [0.15, 0.2) is 6.07 Å². The molecule has 0 atom stereocenters. The van der Waals surface area contributed by atoms with Gasteiger partial charge in [0.05, 0.1) is 19.3 Å². The Morgan fingerprint density at radius 3 is 3.00 bits per heavy atom. The van der Waals surface area contributed by atoms with E-state index in [4.69, 9.17) is 4.74 Å². The molecule has 0 saturated heterocycles. The van der Waals surface area contributed by atoms with Crippen LogP contribution < -0.4 is 15.4 Å². The average molecular weight is 252 g/mol. The van der Waals surface area contributed by atoms with E-state index in [2.05, 4.69) is 15.7 Å². The van der Waals surface area contributed by atoms with Gasteiger partial charge in [-0.15, -0.1) is 0 Å². The summed E-state index contributed by atoms with van der Waals surface area (Å²) in [6, 6.07) is 1.86. The van der Waals surface area contributed by atoms with Gasteiger partial charge in [-0.2, -0.15) is 5.10 Å². The van der Waals surface area contributed by atoms with E-state index in [9.17, 15) is 4.79 Å². The largest absolute Gasteiger partial charge is 0.481 e. The molecular weight excluding hydrogens is 232 g/mol. The summed E-state index contributed by atoms with van der Waals surface area (Å²) in [5.41, 5.74) is 0.865. The summed E-state index contributed by atoms with van der Waals surface area (Å²) in [4.78, 5) is 11.5. The van der Waals surface area contributed by atoms with Gasteiger partial charge in [0.15, 0.2) is 0 Å². The van der Waals surface area contributed by atoms with Crippen molar-refractivity contribution in [1.82, 2.24) is 20.4 Å². The standard InChI is InChI=1S/C12H20N4O2/c1-16-12(18-2)5-10(15-16)7-13-8-11(17)14-6-9-3-4-9/h5,9,13H,3-4,6-8H2,1-2H3,(H,14,17). The number of ether oxygens (including phenoxy) is 1. The van der Waals surface area contributed by atoms with Gasteiger partial charge in [0.1, 0.15) is 0 Å². The van der Waals surface area contributed by atoms with Crippen molar-refractivity contribution in [3.8, 4) is 5.88 Å². The summed E-state index contributed by atoms with van der Waals surface area (Å²) in [6.45, 7) is 1.71. The normalized spacial score (nSPS) is 14.6. The highest BCUT2D eigenvalue weighted by Gasteiger charge is 2.21. The first-order chi connectivity index (χ1) is 8.69. The molecule has 0 unspecified atom stereocenters. The van der Waals surface area contributed by atoms with Crippen LogP contribution in [0.1, 0.15) is 18.5 Å². The van der Waals surface area contributed by atoms with Gasteiger partial charge in [0, 0.05) is 26.2 Å². The Morgan fingerprint density at radius 2 is 2.39 bits per heavy atom. The molecule has 1 aromatic rings. The molecule has 1 aliphatic carbocycles. The summed E-state index contributed by atoms with van der Waals surface area (Å²) in [5, 5.41) is 10.2. The minimum Gasteiger partial charge on any atom is -0.481 e. The lowest BCUT2D eigenvalue weighted by Crippen LogP contribution is -2.34. The molecule has 0 aliphatic heterocycles. The van der Waals surface area contributed by atoms with Crippen LogP contribution in [0.4, 0.5) is 0 Å². The minimum atomic E-state index is 0.0461. The number of nitrogens with zero attached hydrogens (tertiary/aromatic N) is 2. The first kappa shape index (κ1) is 12.9. The maximum atomic E-state index is 11.5. The molecule has 1 heterocycles. The molecule has 0 bridgehead atoms. The van der Waals surface area contributed by atoms with Gasteiger partial charge in [0.25, 0.3) is 0 Å². The van der Waals surface area contributed by atoms with Crippen LogP contribution in [0.25, 0.3) is 0 Å². The van der Waals surface area contributed by atoms with Crippen LogP contribution in [-0.2, 0) is 18.4 Å². The summed E-state index contributed by atoms with van der Waals surface area (Å²) in [7, 11) is 3.43.